The fraction of sp³-hybridized carbons (Fsp3) is 0.818. The van der Waals surface area contributed by atoms with Crippen LogP contribution in [0.25, 0.3) is 0 Å². The third kappa shape index (κ3) is 3.20. The fourth-order valence-electron chi connectivity index (χ4n) is 1.85. The summed E-state index contributed by atoms with van der Waals surface area (Å²) < 4.78 is 0. The van der Waals surface area contributed by atoms with Gasteiger partial charge in [0.05, 0.1) is 0 Å². The SMILES string of the molecule is CN(CC(C)(C)CN)C(=O)C1CCC(=O)N1. The highest BCUT2D eigenvalue weighted by Crippen LogP contribution is 2.16. The number of rotatable bonds is 4. The van der Waals surface area contributed by atoms with Gasteiger partial charge in [-0.25, -0.2) is 0 Å². The third-order valence-electron chi connectivity index (χ3n) is 2.89. The van der Waals surface area contributed by atoms with Gasteiger partial charge in [0.15, 0.2) is 0 Å². The Bertz CT molecular complexity index is 289. The van der Waals surface area contributed by atoms with Gasteiger partial charge in [0.1, 0.15) is 6.04 Å². The Balaban J connectivity index is 2.51. The average Bonchev–Trinajstić information content (AvgIpc) is 2.63. The lowest BCUT2D eigenvalue weighted by Crippen LogP contribution is -2.47. The predicted octanol–water partition coefficient (Wildman–Crippen LogP) is -0.292. The van der Waals surface area contributed by atoms with E-state index in [2.05, 4.69) is 5.32 Å². The molecule has 3 N–H and O–H groups in total. The van der Waals surface area contributed by atoms with E-state index < -0.39 is 0 Å². The lowest BCUT2D eigenvalue weighted by atomic mass is 9.93. The molecule has 0 saturated carbocycles. The maximum Gasteiger partial charge on any atom is 0.244 e. The molecular formula is C11H21N3O2. The fourth-order valence-corrected chi connectivity index (χ4v) is 1.85. The van der Waals surface area contributed by atoms with Gasteiger partial charge < -0.3 is 16.0 Å². The first kappa shape index (κ1) is 13.0. The zero-order chi connectivity index (χ0) is 12.3. The summed E-state index contributed by atoms with van der Waals surface area (Å²) in [4.78, 5) is 24.6. The lowest BCUT2D eigenvalue weighted by Gasteiger charge is -2.30. The highest BCUT2D eigenvalue weighted by atomic mass is 16.2. The van der Waals surface area contributed by atoms with Crippen molar-refractivity contribution >= 4 is 11.8 Å². The summed E-state index contributed by atoms with van der Waals surface area (Å²) in [6.45, 7) is 5.17. The molecule has 1 atom stereocenters. The summed E-state index contributed by atoms with van der Waals surface area (Å²) >= 11 is 0. The van der Waals surface area contributed by atoms with Crippen LogP contribution in [0.1, 0.15) is 26.7 Å². The maximum atomic E-state index is 12.0. The smallest absolute Gasteiger partial charge is 0.244 e. The maximum absolute atomic E-state index is 12.0. The number of hydrogen-bond donors (Lipinski definition) is 2. The first-order valence-corrected chi connectivity index (χ1v) is 5.60. The van der Waals surface area contributed by atoms with E-state index in [4.69, 9.17) is 5.73 Å². The Morgan fingerprint density at radius 1 is 1.62 bits per heavy atom. The first-order chi connectivity index (χ1) is 7.35. The molecule has 0 radical (unpaired) electrons. The minimum atomic E-state index is -0.342. The van der Waals surface area contributed by atoms with Gasteiger partial charge in [0.2, 0.25) is 11.8 Å². The number of nitrogens with two attached hydrogens (primary N) is 1. The Kier molecular flexibility index (Phi) is 3.91. The van der Waals surface area contributed by atoms with Crippen molar-refractivity contribution in [2.75, 3.05) is 20.1 Å². The second-order valence-corrected chi connectivity index (χ2v) is 5.22. The van der Waals surface area contributed by atoms with E-state index in [1.807, 2.05) is 13.8 Å². The molecule has 1 heterocycles. The monoisotopic (exact) mass is 227 g/mol. The quantitative estimate of drug-likeness (QED) is 0.693. The van der Waals surface area contributed by atoms with Crippen LogP contribution in [-0.2, 0) is 9.59 Å². The van der Waals surface area contributed by atoms with E-state index in [0.717, 1.165) is 0 Å². The molecule has 1 rings (SSSR count). The van der Waals surface area contributed by atoms with Gasteiger partial charge in [-0.3, -0.25) is 9.59 Å². The minimum absolute atomic E-state index is 0.0209. The van der Waals surface area contributed by atoms with Crippen LogP contribution in [0.15, 0.2) is 0 Å². The number of carbonyl (C=O) groups excluding carboxylic acids is 2. The molecule has 1 aliphatic heterocycles. The van der Waals surface area contributed by atoms with Crippen LogP contribution in [0, 0.1) is 5.41 Å². The molecule has 0 aromatic heterocycles. The van der Waals surface area contributed by atoms with E-state index in [1.54, 1.807) is 11.9 Å². The first-order valence-electron chi connectivity index (χ1n) is 5.60. The molecule has 0 bridgehead atoms. The number of nitrogens with one attached hydrogen (secondary N) is 1. The molecule has 0 spiro atoms. The van der Waals surface area contributed by atoms with Crippen molar-refractivity contribution in [3.63, 3.8) is 0 Å². The van der Waals surface area contributed by atoms with Crippen molar-refractivity contribution in [3.8, 4) is 0 Å². The van der Waals surface area contributed by atoms with E-state index in [9.17, 15) is 9.59 Å². The topological polar surface area (TPSA) is 75.4 Å². The van der Waals surface area contributed by atoms with Crippen LogP contribution in [-0.4, -0.2) is 42.9 Å². The Morgan fingerprint density at radius 3 is 2.69 bits per heavy atom. The van der Waals surface area contributed by atoms with Crippen molar-refractivity contribution < 1.29 is 9.59 Å². The van der Waals surface area contributed by atoms with Crippen molar-refractivity contribution in [1.29, 1.82) is 0 Å². The van der Waals surface area contributed by atoms with Gasteiger partial charge in [-0.1, -0.05) is 13.8 Å². The highest BCUT2D eigenvalue weighted by molar-refractivity contribution is 5.90. The second-order valence-electron chi connectivity index (χ2n) is 5.22. The zero-order valence-corrected chi connectivity index (χ0v) is 10.2. The van der Waals surface area contributed by atoms with Crippen molar-refractivity contribution in [3.05, 3.63) is 0 Å². The third-order valence-corrected chi connectivity index (χ3v) is 2.89. The molecule has 0 aromatic rings. The minimum Gasteiger partial charge on any atom is -0.344 e. The Morgan fingerprint density at radius 2 is 2.25 bits per heavy atom. The van der Waals surface area contributed by atoms with Crippen LogP contribution in [0.4, 0.5) is 0 Å². The summed E-state index contributed by atoms with van der Waals surface area (Å²) in [5, 5.41) is 2.68. The molecule has 0 aromatic carbocycles. The number of amides is 2. The molecule has 1 fully saturated rings. The Hall–Kier alpha value is -1.10. The van der Waals surface area contributed by atoms with Crippen molar-refractivity contribution in [1.82, 2.24) is 10.2 Å². The summed E-state index contributed by atoms with van der Waals surface area (Å²) in [7, 11) is 1.75. The molecular weight excluding hydrogens is 206 g/mol. The molecule has 5 nitrogen and oxygen atoms in total. The van der Waals surface area contributed by atoms with Crippen LogP contribution in [0.3, 0.4) is 0 Å². The van der Waals surface area contributed by atoms with Gasteiger partial charge >= 0.3 is 0 Å². The number of hydrogen-bond acceptors (Lipinski definition) is 3. The van der Waals surface area contributed by atoms with E-state index in [1.165, 1.54) is 0 Å². The number of likely N-dealkylation sites (N-methyl/N-ethyl adjacent to an activating group) is 1. The molecule has 0 aliphatic carbocycles. The van der Waals surface area contributed by atoms with Crippen LogP contribution in [0.2, 0.25) is 0 Å². The van der Waals surface area contributed by atoms with E-state index in [0.29, 0.717) is 25.9 Å². The second kappa shape index (κ2) is 4.82. The Labute approximate surface area is 96.4 Å². The van der Waals surface area contributed by atoms with E-state index >= 15 is 0 Å². The van der Waals surface area contributed by atoms with Gasteiger partial charge in [-0.15, -0.1) is 0 Å². The van der Waals surface area contributed by atoms with Gasteiger partial charge in [0, 0.05) is 20.0 Å². The largest absolute Gasteiger partial charge is 0.344 e. The molecule has 5 heteroatoms. The van der Waals surface area contributed by atoms with E-state index in [-0.39, 0.29) is 23.3 Å². The molecule has 1 unspecified atom stereocenters. The molecule has 2 amide bonds. The van der Waals surface area contributed by atoms with Crippen LogP contribution < -0.4 is 11.1 Å². The standard InChI is InChI=1S/C11H21N3O2/c1-11(2,6-12)7-14(3)10(16)8-4-5-9(15)13-8/h8H,4-7,12H2,1-3H3,(H,13,15). The normalized spacial score (nSPS) is 20.8. The zero-order valence-electron chi connectivity index (χ0n) is 10.2. The number of nitrogens with zero attached hydrogens (tertiary/aromatic N) is 1. The molecule has 1 aliphatic rings. The predicted molar refractivity (Wildman–Crippen MR) is 61.6 cm³/mol. The van der Waals surface area contributed by atoms with Gasteiger partial charge in [-0.2, -0.15) is 0 Å². The summed E-state index contributed by atoms with van der Waals surface area (Å²) in [6.07, 6.45) is 1.05. The van der Waals surface area contributed by atoms with Crippen molar-refractivity contribution in [2.45, 2.75) is 32.7 Å². The summed E-state index contributed by atoms with van der Waals surface area (Å²) in [6, 6.07) is -0.342. The summed E-state index contributed by atoms with van der Waals surface area (Å²) in [5.74, 6) is -0.0581. The average molecular weight is 227 g/mol. The molecule has 92 valence electrons. The summed E-state index contributed by atoms with van der Waals surface area (Å²) in [5.41, 5.74) is 5.53. The highest BCUT2D eigenvalue weighted by Gasteiger charge is 2.31. The van der Waals surface area contributed by atoms with Crippen LogP contribution >= 0.6 is 0 Å². The van der Waals surface area contributed by atoms with Gasteiger partial charge in [0.25, 0.3) is 0 Å². The lowest BCUT2D eigenvalue weighted by molar-refractivity contribution is -0.134. The van der Waals surface area contributed by atoms with Gasteiger partial charge in [-0.05, 0) is 18.4 Å². The van der Waals surface area contributed by atoms with Crippen LogP contribution in [0.5, 0.6) is 0 Å². The molecule has 16 heavy (non-hydrogen) atoms. The number of carbonyl (C=O) groups is 2. The molecule has 1 saturated heterocycles. The van der Waals surface area contributed by atoms with Crippen molar-refractivity contribution in [2.24, 2.45) is 11.1 Å².